The first-order chi connectivity index (χ1) is 11.6. The van der Waals surface area contributed by atoms with Crippen LogP contribution in [0.15, 0.2) is 58.2 Å². The molecule has 4 nitrogen and oxygen atoms in total. The molecule has 0 spiro atoms. The average Bonchev–Trinajstić information content (AvgIpc) is 3.03. The highest BCUT2D eigenvalue weighted by Crippen LogP contribution is 2.26. The second kappa shape index (κ2) is 7.44. The molecule has 3 aromatic rings. The fourth-order valence-electron chi connectivity index (χ4n) is 1.99. The zero-order valence-corrected chi connectivity index (χ0v) is 13.6. The molecule has 24 heavy (non-hydrogen) atoms. The van der Waals surface area contributed by atoms with Gasteiger partial charge in [0.2, 0.25) is 5.89 Å². The molecule has 124 valence electrons. The molecule has 0 saturated heterocycles. The molecule has 0 radical (unpaired) electrons. The number of rotatable bonds is 6. The van der Waals surface area contributed by atoms with E-state index in [1.54, 1.807) is 12.1 Å². The van der Waals surface area contributed by atoms with E-state index >= 15 is 0 Å². The minimum atomic E-state index is -2.82. The smallest absolute Gasteiger partial charge is 0.387 e. The average molecular weight is 348 g/mol. The lowest BCUT2D eigenvalue weighted by Crippen LogP contribution is -2.01. The zero-order chi connectivity index (χ0) is 16.9. The van der Waals surface area contributed by atoms with Gasteiger partial charge in [0.05, 0.1) is 0 Å². The Labute approximate surface area is 141 Å². The summed E-state index contributed by atoms with van der Waals surface area (Å²) in [5.41, 5.74) is 2.97. The van der Waals surface area contributed by atoms with Gasteiger partial charge < -0.3 is 9.15 Å². The quantitative estimate of drug-likeness (QED) is 0.591. The maximum atomic E-state index is 12.1. The van der Waals surface area contributed by atoms with Gasteiger partial charge in [-0.25, -0.2) is 0 Å². The molecule has 0 unspecified atom stereocenters. The lowest BCUT2D eigenvalue weighted by atomic mass is 10.1. The van der Waals surface area contributed by atoms with E-state index in [4.69, 9.17) is 4.42 Å². The largest absolute Gasteiger partial charge is 0.435 e. The molecule has 0 N–H and O–H groups in total. The highest BCUT2D eigenvalue weighted by Gasteiger charge is 2.09. The molecule has 0 aliphatic carbocycles. The summed E-state index contributed by atoms with van der Waals surface area (Å²) in [6, 6.07) is 14.3. The Morgan fingerprint density at radius 2 is 1.75 bits per heavy atom. The first kappa shape index (κ1) is 16.4. The molecule has 0 saturated carbocycles. The minimum absolute atomic E-state index is 0.137. The predicted molar refractivity (Wildman–Crippen MR) is 87.1 cm³/mol. The van der Waals surface area contributed by atoms with Crippen LogP contribution < -0.4 is 4.74 Å². The summed E-state index contributed by atoms with van der Waals surface area (Å²) in [6.07, 6.45) is 0. The van der Waals surface area contributed by atoms with Crippen molar-refractivity contribution in [3.63, 3.8) is 0 Å². The molecule has 0 fully saturated rings. The Balaban J connectivity index is 1.60. The Morgan fingerprint density at radius 1 is 1.04 bits per heavy atom. The summed E-state index contributed by atoms with van der Waals surface area (Å²) in [5.74, 6) is 1.20. The number of benzene rings is 2. The normalized spacial score (nSPS) is 11.0. The van der Waals surface area contributed by atoms with Crippen molar-refractivity contribution in [2.45, 2.75) is 24.5 Å². The van der Waals surface area contributed by atoms with Crippen molar-refractivity contribution < 1.29 is 17.9 Å². The molecule has 0 aliphatic rings. The lowest BCUT2D eigenvalue weighted by Gasteiger charge is -2.04. The van der Waals surface area contributed by atoms with Gasteiger partial charge in [0.1, 0.15) is 5.75 Å². The third kappa shape index (κ3) is 4.32. The maximum absolute atomic E-state index is 12.1. The van der Waals surface area contributed by atoms with E-state index < -0.39 is 6.61 Å². The maximum Gasteiger partial charge on any atom is 0.387 e. The van der Waals surface area contributed by atoms with Crippen LogP contribution in [0.5, 0.6) is 5.75 Å². The van der Waals surface area contributed by atoms with Crippen molar-refractivity contribution in [2.75, 3.05) is 0 Å². The summed E-state index contributed by atoms with van der Waals surface area (Å²) >= 11 is 1.38. The summed E-state index contributed by atoms with van der Waals surface area (Å²) in [6.45, 7) is -0.805. The lowest BCUT2D eigenvalue weighted by molar-refractivity contribution is -0.0498. The van der Waals surface area contributed by atoms with E-state index in [0.29, 0.717) is 16.9 Å². The number of nitrogens with zero attached hydrogens (tertiary/aromatic N) is 2. The van der Waals surface area contributed by atoms with Crippen LogP contribution in [0, 0.1) is 6.92 Å². The number of hydrogen-bond donors (Lipinski definition) is 0. The molecule has 3 rings (SSSR count). The van der Waals surface area contributed by atoms with E-state index in [1.807, 2.05) is 31.2 Å². The van der Waals surface area contributed by atoms with Crippen LogP contribution in [-0.4, -0.2) is 16.8 Å². The molecular formula is C17H14F2N2O2S. The van der Waals surface area contributed by atoms with Gasteiger partial charge in [-0.05, 0) is 36.8 Å². The Kier molecular flexibility index (Phi) is 5.10. The van der Waals surface area contributed by atoms with E-state index in [9.17, 15) is 8.78 Å². The number of aryl methyl sites for hydroxylation is 1. The van der Waals surface area contributed by atoms with Crippen LogP contribution in [0.1, 0.15) is 11.1 Å². The second-order valence-corrected chi connectivity index (χ2v) is 5.98. The molecule has 0 amide bonds. The first-order valence-electron chi connectivity index (χ1n) is 7.17. The molecule has 0 bridgehead atoms. The van der Waals surface area contributed by atoms with Crippen molar-refractivity contribution in [2.24, 2.45) is 0 Å². The van der Waals surface area contributed by atoms with E-state index in [2.05, 4.69) is 14.9 Å². The fraction of sp³-hybridized carbons (Fsp3) is 0.176. The Bertz CT molecular complexity index is 789. The van der Waals surface area contributed by atoms with Crippen LogP contribution in [-0.2, 0) is 5.75 Å². The third-order valence-corrected chi connectivity index (χ3v) is 4.11. The molecule has 1 aromatic heterocycles. The number of hydrogen-bond acceptors (Lipinski definition) is 5. The SMILES string of the molecule is Cc1ccc(-c2nnc(SCc3ccc(OC(F)F)cc3)o2)cc1. The van der Waals surface area contributed by atoms with Crippen molar-refractivity contribution in [1.82, 2.24) is 10.2 Å². The van der Waals surface area contributed by atoms with Gasteiger partial charge in [0.15, 0.2) is 0 Å². The minimum Gasteiger partial charge on any atom is -0.435 e. The topological polar surface area (TPSA) is 48.2 Å². The fourth-order valence-corrected chi connectivity index (χ4v) is 2.71. The highest BCUT2D eigenvalue weighted by atomic mass is 32.2. The van der Waals surface area contributed by atoms with Gasteiger partial charge in [0, 0.05) is 11.3 Å². The van der Waals surface area contributed by atoms with Gasteiger partial charge in [0.25, 0.3) is 5.22 Å². The Hall–Kier alpha value is -2.41. The van der Waals surface area contributed by atoms with Crippen molar-refractivity contribution in [3.05, 3.63) is 59.7 Å². The van der Waals surface area contributed by atoms with Gasteiger partial charge in [-0.3, -0.25) is 0 Å². The number of halogens is 2. The number of ether oxygens (including phenoxy) is 1. The van der Waals surface area contributed by atoms with E-state index in [0.717, 1.165) is 16.7 Å². The van der Waals surface area contributed by atoms with Crippen LogP contribution >= 0.6 is 11.8 Å². The summed E-state index contributed by atoms with van der Waals surface area (Å²) in [7, 11) is 0. The molecule has 2 aromatic carbocycles. The number of thioether (sulfide) groups is 1. The highest BCUT2D eigenvalue weighted by molar-refractivity contribution is 7.98. The van der Waals surface area contributed by atoms with Gasteiger partial charge in [-0.2, -0.15) is 8.78 Å². The number of aromatic nitrogens is 2. The van der Waals surface area contributed by atoms with Gasteiger partial charge >= 0.3 is 6.61 Å². The second-order valence-electron chi connectivity index (χ2n) is 5.05. The summed E-state index contributed by atoms with van der Waals surface area (Å²) in [5, 5.41) is 8.50. The van der Waals surface area contributed by atoms with Gasteiger partial charge in [-0.1, -0.05) is 41.6 Å². The molecule has 7 heteroatoms. The van der Waals surface area contributed by atoms with E-state index in [1.165, 1.54) is 23.9 Å². The van der Waals surface area contributed by atoms with Crippen LogP contribution in [0.25, 0.3) is 11.5 Å². The van der Waals surface area contributed by atoms with Crippen LogP contribution in [0.3, 0.4) is 0 Å². The van der Waals surface area contributed by atoms with E-state index in [-0.39, 0.29) is 5.75 Å². The molecule has 0 aliphatic heterocycles. The van der Waals surface area contributed by atoms with Crippen molar-refractivity contribution in [1.29, 1.82) is 0 Å². The molecule has 0 atom stereocenters. The van der Waals surface area contributed by atoms with Gasteiger partial charge in [-0.15, -0.1) is 10.2 Å². The number of alkyl halides is 2. The van der Waals surface area contributed by atoms with Crippen LogP contribution in [0.2, 0.25) is 0 Å². The summed E-state index contributed by atoms with van der Waals surface area (Å²) in [4.78, 5) is 0. The monoisotopic (exact) mass is 348 g/mol. The van der Waals surface area contributed by atoms with Crippen LogP contribution in [0.4, 0.5) is 8.78 Å². The van der Waals surface area contributed by atoms with Crippen molar-refractivity contribution >= 4 is 11.8 Å². The van der Waals surface area contributed by atoms with Crippen molar-refractivity contribution in [3.8, 4) is 17.2 Å². The zero-order valence-electron chi connectivity index (χ0n) is 12.8. The molecular weight excluding hydrogens is 334 g/mol. The Morgan fingerprint density at radius 3 is 2.42 bits per heavy atom. The first-order valence-corrected chi connectivity index (χ1v) is 8.16. The standard InChI is InChI=1S/C17H14F2N2O2S/c1-11-2-6-13(7-3-11)15-20-21-17(23-15)24-10-12-4-8-14(9-5-12)22-16(18)19/h2-9,16H,10H2,1H3. The molecule has 1 heterocycles. The third-order valence-electron chi connectivity index (χ3n) is 3.22. The predicted octanol–water partition coefficient (Wildman–Crippen LogP) is 4.94. The summed E-state index contributed by atoms with van der Waals surface area (Å²) < 4.78 is 34.1.